The molecule has 0 aliphatic carbocycles. The molecule has 1 fully saturated rings. The Balaban J connectivity index is 1.65. The van der Waals surface area contributed by atoms with Gasteiger partial charge in [-0.3, -0.25) is 4.79 Å². The van der Waals surface area contributed by atoms with Crippen molar-refractivity contribution in [2.45, 2.75) is 39.2 Å². The minimum absolute atomic E-state index is 0.0295. The molecule has 0 atom stereocenters. The maximum Gasteiger partial charge on any atom is 0.257 e. The van der Waals surface area contributed by atoms with Crippen LogP contribution >= 0.6 is 11.6 Å². The van der Waals surface area contributed by atoms with Crippen LogP contribution in [0.25, 0.3) is 0 Å². The first-order valence-electron chi connectivity index (χ1n) is 9.01. The summed E-state index contributed by atoms with van der Waals surface area (Å²) in [6.45, 7) is 5.99. The van der Waals surface area contributed by atoms with Crippen LogP contribution in [0.2, 0.25) is 5.02 Å². The van der Waals surface area contributed by atoms with Crippen LogP contribution in [0.1, 0.15) is 43.5 Å². The van der Waals surface area contributed by atoms with E-state index in [2.05, 4.69) is 15.2 Å². The molecular formula is C20H24ClN3O2. The number of aromatic nitrogens is 1. The molecule has 1 N–H and O–H groups in total. The highest BCUT2D eigenvalue weighted by Crippen LogP contribution is 2.25. The second-order valence-electron chi connectivity index (χ2n) is 6.73. The quantitative estimate of drug-likeness (QED) is 0.820. The number of halogens is 1. The van der Waals surface area contributed by atoms with Crippen molar-refractivity contribution in [1.29, 1.82) is 0 Å². The highest BCUT2D eigenvalue weighted by Gasteiger charge is 2.13. The Hall–Kier alpha value is -2.27. The highest BCUT2D eigenvalue weighted by atomic mass is 35.5. The van der Waals surface area contributed by atoms with Crippen molar-refractivity contribution in [2.24, 2.45) is 0 Å². The van der Waals surface area contributed by atoms with Crippen LogP contribution in [0.15, 0.2) is 36.5 Å². The van der Waals surface area contributed by atoms with Gasteiger partial charge in [-0.05, 0) is 63.4 Å². The van der Waals surface area contributed by atoms with E-state index in [9.17, 15) is 4.79 Å². The van der Waals surface area contributed by atoms with Gasteiger partial charge in [0.2, 0.25) is 5.88 Å². The van der Waals surface area contributed by atoms with Gasteiger partial charge < -0.3 is 15.0 Å². The Labute approximate surface area is 159 Å². The minimum atomic E-state index is -0.249. The van der Waals surface area contributed by atoms with Crippen molar-refractivity contribution in [1.82, 2.24) is 4.98 Å². The summed E-state index contributed by atoms with van der Waals surface area (Å²) in [7, 11) is 0. The van der Waals surface area contributed by atoms with Crippen LogP contribution in [0.5, 0.6) is 5.88 Å². The highest BCUT2D eigenvalue weighted by molar-refractivity contribution is 6.32. The fourth-order valence-electron chi connectivity index (χ4n) is 2.97. The lowest BCUT2D eigenvalue weighted by Crippen LogP contribution is -2.29. The van der Waals surface area contributed by atoms with Crippen LogP contribution in [0, 0.1) is 0 Å². The molecule has 1 saturated heterocycles. The summed E-state index contributed by atoms with van der Waals surface area (Å²) in [6.07, 6.45) is 5.23. The standard InChI is InChI=1S/C20H24ClN3O2/c1-14(2)26-20-18(21)12-15(13-22-20)19(25)23-16-6-8-17(9-7-16)24-10-4-3-5-11-24/h6-9,12-14H,3-5,10-11H2,1-2H3,(H,23,25). The SMILES string of the molecule is CC(C)Oc1ncc(C(=O)Nc2ccc(N3CCCCC3)cc2)cc1Cl. The van der Waals surface area contributed by atoms with E-state index in [4.69, 9.17) is 16.3 Å². The van der Waals surface area contributed by atoms with E-state index in [0.29, 0.717) is 16.5 Å². The van der Waals surface area contributed by atoms with Gasteiger partial charge in [-0.25, -0.2) is 4.98 Å². The third kappa shape index (κ3) is 4.67. The molecule has 0 bridgehead atoms. The molecule has 138 valence electrons. The molecule has 5 nitrogen and oxygen atoms in total. The fraction of sp³-hybridized carbons (Fsp3) is 0.400. The number of anilines is 2. The van der Waals surface area contributed by atoms with Crippen LogP contribution in [-0.2, 0) is 0 Å². The number of nitrogens with one attached hydrogen (secondary N) is 1. The first-order chi connectivity index (χ1) is 12.5. The number of nitrogens with zero attached hydrogens (tertiary/aromatic N) is 2. The smallest absolute Gasteiger partial charge is 0.257 e. The lowest BCUT2D eigenvalue weighted by Gasteiger charge is -2.28. The lowest BCUT2D eigenvalue weighted by atomic mass is 10.1. The predicted molar refractivity (Wildman–Crippen MR) is 105 cm³/mol. The molecule has 6 heteroatoms. The second kappa shape index (κ2) is 8.41. The Kier molecular flexibility index (Phi) is 5.99. The number of carbonyl (C=O) groups is 1. The van der Waals surface area contributed by atoms with E-state index in [1.807, 2.05) is 38.1 Å². The van der Waals surface area contributed by atoms with Crippen LogP contribution in [0.4, 0.5) is 11.4 Å². The summed E-state index contributed by atoms with van der Waals surface area (Å²) < 4.78 is 5.49. The largest absolute Gasteiger partial charge is 0.474 e. The van der Waals surface area contributed by atoms with Gasteiger partial charge in [-0.1, -0.05) is 11.6 Å². The van der Waals surface area contributed by atoms with Gasteiger partial charge in [-0.2, -0.15) is 0 Å². The zero-order valence-electron chi connectivity index (χ0n) is 15.2. The van der Waals surface area contributed by atoms with E-state index in [0.717, 1.165) is 18.8 Å². The summed E-state index contributed by atoms with van der Waals surface area (Å²) in [5.41, 5.74) is 2.34. The molecule has 0 unspecified atom stereocenters. The zero-order chi connectivity index (χ0) is 18.5. The van der Waals surface area contributed by atoms with Crippen LogP contribution in [0.3, 0.4) is 0 Å². The van der Waals surface area contributed by atoms with Gasteiger partial charge in [0.05, 0.1) is 11.7 Å². The average molecular weight is 374 g/mol. The Morgan fingerprint density at radius 2 is 1.88 bits per heavy atom. The number of ether oxygens (including phenoxy) is 1. The molecule has 1 amide bonds. The maximum atomic E-state index is 12.4. The molecule has 1 aromatic heterocycles. The summed E-state index contributed by atoms with van der Waals surface area (Å²) in [4.78, 5) is 18.9. The van der Waals surface area contributed by atoms with Gasteiger partial charge in [-0.15, -0.1) is 0 Å². The lowest BCUT2D eigenvalue weighted by molar-refractivity contribution is 0.102. The molecule has 1 aliphatic rings. The van der Waals surface area contributed by atoms with Gasteiger partial charge in [0, 0.05) is 30.7 Å². The van der Waals surface area contributed by atoms with Gasteiger partial charge in [0.25, 0.3) is 5.91 Å². The van der Waals surface area contributed by atoms with E-state index >= 15 is 0 Å². The first-order valence-corrected chi connectivity index (χ1v) is 9.39. The van der Waals surface area contributed by atoms with Crippen molar-refractivity contribution in [3.05, 3.63) is 47.1 Å². The van der Waals surface area contributed by atoms with Crippen molar-refractivity contribution in [2.75, 3.05) is 23.3 Å². The Morgan fingerprint density at radius 3 is 2.50 bits per heavy atom. The predicted octanol–water partition coefficient (Wildman–Crippen LogP) is 4.76. The van der Waals surface area contributed by atoms with Crippen molar-refractivity contribution < 1.29 is 9.53 Å². The van der Waals surface area contributed by atoms with Gasteiger partial charge in [0.15, 0.2) is 0 Å². The topological polar surface area (TPSA) is 54.5 Å². The van der Waals surface area contributed by atoms with E-state index in [-0.39, 0.29) is 12.0 Å². The number of hydrogen-bond donors (Lipinski definition) is 1. The second-order valence-corrected chi connectivity index (χ2v) is 7.13. The molecule has 2 heterocycles. The molecule has 0 radical (unpaired) electrons. The van der Waals surface area contributed by atoms with Gasteiger partial charge >= 0.3 is 0 Å². The van der Waals surface area contributed by atoms with Crippen molar-refractivity contribution >= 4 is 28.9 Å². The number of piperidine rings is 1. The van der Waals surface area contributed by atoms with Crippen LogP contribution in [-0.4, -0.2) is 30.1 Å². The van der Waals surface area contributed by atoms with E-state index in [1.165, 1.54) is 31.1 Å². The number of amides is 1. The summed E-state index contributed by atoms with van der Waals surface area (Å²) in [5, 5.41) is 3.20. The monoisotopic (exact) mass is 373 g/mol. The molecular weight excluding hydrogens is 350 g/mol. The molecule has 2 aromatic rings. The molecule has 26 heavy (non-hydrogen) atoms. The third-order valence-corrected chi connectivity index (χ3v) is 4.53. The number of pyridine rings is 1. The summed E-state index contributed by atoms with van der Waals surface area (Å²) in [6, 6.07) is 9.52. The van der Waals surface area contributed by atoms with E-state index < -0.39 is 0 Å². The number of rotatable bonds is 5. The molecule has 1 aromatic carbocycles. The van der Waals surface area contributed by atoms with Crippen molar-refractivity contribution in [3.63, 3.8) is 0 Å². The number of carbonyl (C=O) groups excluding carboxylic acids is 1. The molecule has 0 saturated carbocycles. The first kappa shape index (κ1) is 18.5. The maximum absolute atomic E-state index is 12.4. The molecule has 1 aliphatic heterocycles. The zero-order valence-corrected chi connectivity index (χ0v) is 15.9. The molecule has 0 spiro atoms. The third-order valence-electron chi connectivity index (χ3n) is 4.26. The fourth-order valence-corrected chi connectivity index (χ4v) is 3.18. The van der Waals surface area contributed by atoms with E-state index in [1.54, 1.807) is 6.07 Å². The summed E-state index contributed by atoms with van der Waals surface area (Å²) in [5.74, 6) is 0.0883. The normalized spacial score (nSPS) is 14.4. The van der Waals surface area contributed by atoms with Crippen molar-refractivity contribution in [3.8, 4) is 5.88 Å². The number of benzene rings is 1. The van der Waals surface area contributed by atoms with Crippen LogP contribution < -0.4 is 15.0 Å². The Bertz CT molecular complexity index is 756. The average Bonchev–Trinajstić information content (AvgIpc) is 2.64. The molecule has 3 rings (SSSR count). The Morgan fingerprint density at radius 1 is 1.19 bits per heavy atom. The van der Waals surface area contributed by atoms with Gasteiger partial charge in [0.1, 0.15) is 5.02 Å². The summed E-state index contributed by atoms with van der Waals surface area (Å²) >= 11 is 6.15. The number of hydrogen-bond acceptors (Lipinski definition) is 4. The minimum Gasteiger partial charge on any atom is -0.474 e.